The van der Waals surface area contributed by atoms with E-state index < -0.39 is 0 Å². The first-order valence-electron chi connectivity index (χ1n) is 6.05. The molecular formula is C14H14N4OS. The maximum absolute atomic E-state index is 12.1. The molecule has 0 spiro atoms. The van der Waals surface area contributed by atoms with Crippen LogP contribution in [-0.4, -0.2) is 20.7 Å². The molecule has 1 aromatic heterocycles. The van der Waals surface area contributed by atoms with Crippen LogP contribution in [-0.2, 0) is 11.8 Å². The second kappa shape index (κ2) is 6.26. The first-order valence-corrected chi connectivity index (χ1v) is 6.93. The van der Waals surface area contributed by atoms with Gasteiger partial charge in [0.1, 0.15) is 0 Å². The molecule has 1 aromatic carbocycles. The van der Waals surface area contributed by atoms with Gasteiger partial charge < -0.3 is 9.88 Å². The van der Waals surface area contributed by atoms with Crippen molar-refractivity contribution < 1.29 is 4.79 Å². The van der Waals surface area contributed by atoms with E-state index in [-0.39, 0.29) is 11.2 Å². The lowest BCUT2D eigenvalue weighted by atomic mass is 10.2. The standard InChI is InChI=1S/C14H14N4OS/c1-10(20-14-16-7-8-18(14)2)13(19)17-12-5-3-11(9-15)4-6-12/h3-8,10H,1-2H3,(H,17,19)/t10-/m0/s1. The summed E-state index contributed by atoms with van der Waals surface area (Å²) in [5, 5.41) is 12.1. The van der Waals surface area contributed by atoms with Crippen molar-refractivity contribution in [1.82, 2.24) is 9.55 Å². The molecule has 102 valence electrons. The van der Waals surface area contributed by atoms with Crippen molar-refractivity contribution in [2.24, 2.45) is 7.05 Å². The van der Waals surface area contributed by atoms with Crippen LogP contribution < -0.4 is 5.32 Å². The van der Waals surface area contributed by atoms with E-state index in [1.807, 2.05) is 30.8 Å². The highest BCUT2D eigenvalue weighted by atomic mass is 32.2. The minimum atomic E-state index is -0.258. The number of thioether (sulfide) groups is 1. The van der Waals surface area contributed by atoms with Gasteiger partial charge >= 0.3 is 0 Å². The fourth-order valence-electron chi connectivity index (χ4n) is 1.55. The van der Waals surface area contributed by atoms with Crippen molar-refractivity contribution in [2.75, 3.05) is 5.32 Å². The molecule has 0 fully saturated rings. The highest BCUT2D eigenvalue weighted by Crippen LogP contribution is 2.22. The maximum Gasteiger partial charge on any atom is 0.237 e. The summed E-state index contributed by atoms with van der Waals surface area (Å²) in [6, 6.07) is 8.82. The SMILES string of the molecule is C[C@H](Sc1nccn1C)C(=O)Nc1ccc(C#N)cc1. The number of amides is 1. The van der Waals surface area contributed by atoms with Crippen LogP contribution in [0.15, 0.2) is 41.8 Å². The van der Waals surface area contributed by atoms with E-state index in [0.717, 1.165) is 5.16 Å². The van der Waals surface area contributed by atoms with Crippen LogP contribution in [0.4, 0.5) is 5.69 Å². The molecule has 6 heteroatoms. The summed E-state index contributed by atoms with van der Waals surface area (Å²) >= 11 is 1.40. The van der Waals surface area contributed by atoms with Crippen LogP contribution in [0.5, 0.6) is 0 Å². The third kappa shape index (κ3) is 3.39. The van der Waals surface area contributed by atoms with E-state index in [4.69, 9.17) is 5.26 Å². The molecule has 0 saturated carbocycles. The monoisotopic (exact) mass is 286 g/mol. The lowest BCUT2D eigenvalue weighted by Gasteiger charge is -2.11. The fraction of sp³-hybridized carbons (Fsp3) is 0.214. The zero-order valence-electron chi connectivity index (χ0n) is 11.2. The van der Waals surface area contributed by atoms with E-state index in [2.05, 4.69) is 10.3 Å². The zero-order valence-corrected chi connectivity index (χ0v) is 12.0. The van der Waals surface area contributed by atoms with Crippen molar-refractivity contribution in [3.63, 3.8) is 0 Å². The number of hydrogen-bond acceptors (Lipinski definition) is 4. The Morgan fingerprint density at radius 1 is 1.45 bits per heavy atom. The summed E-state index contributed by atoms with van der Waals surface area (Å²) < 4.78 is 1.87. The predicted molar refractivity (Wildman–Crippen MR) is 78.3 cm³/mol. The smallest absolute Gasteiger partial charge is 0.237 e. The second-order valence-corrected chi connectivity index (χ2v) is 5.57. The summed E-state index contributed by atoms with van der Waals surface area (Å²) in [6.45, 7) is 1.83. The fourth-order valence-corrected chi connectivity index (χ4v) is 2.38. The molecule has 2 rings (SSSR count). The number of carbonyl (C=O) groups is 1. The van der Waals surface area contributed by atoms with Crippen molar-refractivity contribution >= 4 is 23.4 Å². The average Bonchev–Trinajstić information content (AvgIpc) is 2.85. The summed E-state index contributed by atoms with van der Waals surface area (Å²) in [5.74, 6) is -0.0947. The number of nitrogens with zero attached hydrogens (tertiary/aromatic N) is 3. The quantitative estimate of drug-likeness (QED) is 0.876. The number of rotatable bonds is 4. The van der Waals surface area contributed by atoms with Crippen LogP contribution in [0.1, 0.15) is 12.5 Å². The van der Waals surface area contributed by atoms with Gasteiger partial charge in [-0.1, -0.05) is 11.8 Å². The molecule has 0 aliphatic heterocycles. The summed E-state index contributed by atoms with van der Waals surface area (Å²) in [5.41, 5.74) is 1.25. The first-order chi connectivity index (χ1) is 9.60. The van der Waals surface area contributed by atoms with Gasteiger partial charge in [0.15, 0.2) is 5.16 Å². The lowest BCUT2D eigenvalue weighted by Crippen LogP contribution is -2.22. The van der Waals surface area contributed by atoms with Gasteiger partial charge in [0.2, 0.25) is 5.91 Å². The van der Waals surface area contributed by atoms with Gasteiger partial charge in [0.25, 0.3) is 0 Å². The third-order valence-corrected chi connectivity index (χ3v) is 3.88. The lowest BCUT2D eigenvalue weighted by molar-refractivity contribution is -0.115. The van der Waals surface area contributed by atoms with Gasteiger partial charge in [-0.15, -0.1) is 0 Å². The molecule has 0 aliphatic rings. The number of carbonyl (C=O) groups excluding carboxylic acids is 1. The van der Waals surface area contributed by atoms with Crippen molar-refractivity contribution in [2.45, 2.75) is 17.3 Å². The molecule has 0 bridgehead atoms. The minimum absolute atomic E-state index is 0.0947. The highest BCUT2D eigenvalue weighted by Gasteiger charge is 2.16. The number of imidazole rings is 1. The molecule has 0 unspecified atom stereocenters. The average molecular weight is 286 g/mol. The highest BCUT2D eigenvalue weighted by molar-refractivity contribution is 8.00. The number of nitrogens with one attached hydrogen (secondary N) is 1. The van der Waals surface area contributed by atoms with Gasteiger partial charge in [-0.2, -0.15) is 5.26 Å². The molecule has 5 nitrogen and oxygen atoms in total. The van der Waals surface area contributed by atoms with Gasteiger partial charge in [-0.25, -0.2) is 4.98 Å². The molecule has 1 heterocycles. The normalized spacial score (nSPS) is 11.7. The Morgan fingerprint density at radius 2 is 2.15 bits per heavy atom. The topological polar surface area (TPSA) is 70.7 Å². The Balaban J connectivity index is 1.97. The first kappa shape index (κ1) is 14.2. The Kier molecular flexibility index (Phi) is 4.43. The van der Waals surface area contributed by atoms with Crippen LogP contribution in [0.25, 0.3) is 0 Å². The zero-order chi connectivity index (χ0) is 14.5. The van der Waals surface area contributed by atoms with Crippen molar-refractivity contribution in [3.8, 4) is 6.07 Å². The van der Waals surface area contributed by atoms with Gasteiger partial charge in [0, 0.05) is 25.1 Å². The van der Waals surface area contributed by atoms with Crippen LogP contribution in [0.3, 0.4) is 0 Å². The van der Waals surface area contributed by atoms with Crippen LogP contribution >= 0.6 is 11.8 Å². The molecule has 1 atom stereocenters. The van der Waals surface area contributed by atoms with Gasteiger partial charge in [0.05, 0.1) is 16.9 Å². The largest absolute Gasteiger partial charge is 0.329 e. The van der Waals surface area contributed by atoms with E-state index in [1.54, 1.807) is 30.5 Å². The molecular weight excluding hydrogens is 272 g/mol. The second-order valence-electron chi connectivity index (χ2n) is 4.26. The molecule has 1 amide bonds. The van der Waals surface area contributed by atoms with Crippen molar-refractivity contribution in [1.29, 1.82) is 5.26 Å². The molecule has 0 saturated heterocycles. The summed E-state index contributed by atoms with van der Waals surface area (Å²) in [7, 11) is 1.89. The Labute approximate surface area is 121 Å². The van der Waals surface area contributed by atoms with E-state index in [1.165, 1.54) is 11.8 Å². The summed E-state index contributed by atoms with van der Waals surface area (Å²) in [6.07, 6.45) is 3.54. The number of nitriles is 1. The number of aromatic nitrogens is 2. The minimum Gasteiger partial charge on any atom is -0.329 e. The van der Waals surface area contributed by atoms with E-state index in [0.29, 0.717) is 11.3 Å². The van der Waals surface area contributed by atoms with Gasteiger partial charge in [-0.3, -0.25) is 4.79 Å². The Bertz CT molecular complexity index is 642. The molecule has 0 radical (unpaired) electrons. The van der Waals surface area contributed by atoms with E-state index >= 15 is 0 Å². The Hall–Kier alpha value is -2.26. The number of benzene rings is 1. The van der Waals surface area contributed by atoms with Gasteiger partial charge in [-0.05, 0) is 31.2 Å². The summed E-state index contributed by atoms with van der Waals surface area (Å²) in [4.78, 5) is 16.2. The molecule has 0 aliphatic carbocycles. The van der Waals surface area contributed by atoms with Crippen molar-refractivity contribution in [3.05, 3.63) is 42.2 Å². The molecule has 2 aromatic rings. The maximum atomic E-state index is 12.1. The molecule has 20 heavy (non-hydrogen) atoms. The third-order valence-electron chi connectivity index (χ3n) is 2.71. The number of aryl methyl sites for hydroxylation is 1. The number of hydrogen-bond donors (Lipinski definition) is 1. The predicted octanol–water partition coefficient (Wildman–Crippen LogP) is 2.41. The van der Waals surface area contributed by atoms with Crippen LogP contribution in [0.2, 0.25) is 0 Å². The number of anilines is 1. The Morgan fingerprint density at radius 3 is 2.70 bits per heavy atom. The van der Waals surface area contributed by atoms with Crippen LogP contribution in [0, 0.1) is 11.3 Å². The van der Waals surface area contributed by atoms with E-state index in [9.17, 15) is 4.79 Å². The molecule has 1 N–H and O–H groups in total.